The molecule has 4 nitrogen and oxygen atoms in total. The van der Waals surface area contributed by atoms with Crippen molar-refractivity contribution < 1.29 is 13.2 Å². The van der Waals surface area contributed by atoms with Crippen LogP contribution in [0.1, 0.15) is 56.1 Å². The van der Waals surface area contributed by atoms with Gasteiger partial charge in [0.1, 0.15) is 11.9 Å². The van der Waals surface area contributed by atoms with E-state index < -0.39 is 12.6 Å². The van der Waals surface area contributed by atoms with E-state index in [9.17, 15) is 13.2 Å². The van der Waals surface area contributed by atoms with Gasteiger partial charge in [-0.25, -0.2) is 13.2 Å². The second-order valence-corrected chi connectivity index (χ2v) is 11.8. The summed E-state index contributed by atoms with van der Waals surface area (Å²) in [5.74, 6) is 0. The zero-order chi connectivity index (χ0) is 25.8. The summed E-state index contributed by atoms with van der Waals surface area (Å²) in [6.07, 6.45) is 2.47. The molecule has 198 valence electrons. The Morgan fingerprint density at radius 1 is 0.973 bits per heavy atom. The smallest absolute Gasteiger partial charge is 0.278 e. The second kappa shape index (κ2) is 12.2. The van der Waals surface area contributed by atoms with Gasteiger partial charge in [-0.15, -0.1) is 0 Å². The lowest BCUT2D eigenvalue weighted by molar-refractivity contribution is 0.104. The Bertz CT molecular complexity index is 1110. The summed E-state index contributed by atoms with van der Waals surface area (Å²) in [6, 6.07) is 16.4. The van der Waals surface area contributed by atoms with E-state index in [0.29, 0.717) is 41.4 Å². The number of rotatable bonds is 8. The van der Waals surface area contributed by atoms with Crippen LogP contribution in [-0.4, -0.2) is 53.3 Å². The largest absolute Gasteiger partial charge is 0.312 e. The van der Waals surface area contributed by atoms with Gasteiger partial charge in [-0.2, -0.15) is 10.2 Å². The molecule has 1 aliphatic carbocycles. The quantitative estimate of drug-likeness (QED) is 0.319. The molecule has 0 spiro atoms. The fourth-order valence-electron chi connectivity index (χ4n) is 5.36. The van der Waals surface area contributed by atoms with E-state index in [1.54, 1.807) is 0 Å². The van der Waals surface area contributed by atoms with Gasteiger partial charge < -0.3 is 9.21 Å². The van der Waals surface area contributed by atoms with Crippen molar-refractivity contribution in [3.8, 4) is 0 Å². The molecule has 0 unspecified atom stereocenters. The molecule has 2 aliphatic heterocycles. The molecule has 1 saturated carbocycles. The van der Waals surface area contributed by atoms with Crippen LogP contribution in [0.5, 0.6) is 0 Å². The zero-order valence-corrected chi connectivity index (χ0v) is 22.3. The first-order valence-corrected chi connectivity index (χ1v) is 14.2. The van der Waals surface area contributed by atoms with Crippen LogP contribution in [0.4, 0.5) is 18.9 Å². The van der Waals surface area contributed by atoms with Gasteiger partial charge in [-0.1, -0.05) is 41.9 Å². The molecule has 2 heterocycles. The van der Waals surface area contributed by atoms with Crippen molar-refractivity contribution in [2.45, 2.75) is 75.4 Å². The van der Waals surface area contributed by atoms with Crippen molar-refractivity contribution in [3.63, 3.8) is 0 Å². The Balaban J connectivity index is 1.22. The molecule has 3 aliphatic rings. The minimum absolute atomic E-state index is 0.0927. The van der Waals surface area contributed by atoms with Crippen LogP contribution in [0, 0.1) is 0 Å². The van der Waals surface area contributed by atoms with Gasteiger partial charge in [0, 0.05) is 28.4 Å². The Morgan fingerprint density at radius 2 is 1.70 bits per heavy atom. The number of alkyl halides is 3. The summed E-state index contributed by atoms with van der Waals surface area (Å²) in [7, 11) is 0. The Labute approximate surface area is 226 Å². The van der Waals surface area contributed by atoms with Crippen LogP contribution >= 0.6 is 23.5 Å². The lowest BCUT2D eigenvalue weighted by atomic mass is 9.91. The summed E-state index contributed by atoms with van der Waals surface area (Å²) < 4.78 is 41.7. The standard InChI is InChI=1S/C28H32ClF3N4S/c29-21-2-1-3-24(16-21)36(37-25-12-14-35(15-13-25)23-10-8-22(30)9-11-23)18-19-4-6-20(7-5-19)26-17-27(28(31)32)34-33-26/h1-7,16,22-23,25,28H,8-15,17-18H2. The number of likely N-dealkylation sites (tertiary alicyclic amines) is 1. The summed E-state index contributed by atoms with van der Waals surface area (Å²) >= 11 is 8.20. The van der Waals surface area contributed by atoms with Gasteiger partial charge >= 0.3 is 0 Å². The highest BCUT2D eigenvalue weighted by atomic mass is 35.5. The predicted octanol–water partition coefficient (Wildman–Crippen LogP) is 7.55. The van der Waals surface area contributed by atoms with Gasteiger partial charge in [0.2, 0.25) is 0 Å². The summed E-state index contributed by atoms with van der Waals surface area (Å²) in [4.78, 5) is 2.57. The Kier molecular flexibility index (Phi) is 8.78. The average molecular weight is 549 g/mol. The summed E-state index contributed by atoms with van der Waals surface area (Å²) in [5.41, 5.74) is 3.39. The minimum Gasteiger partial charge on any atom is -0.312 e. The Morgan fingerprint density at radius 3 is 2.35 bits per heavy atom. The number of piperidine rings is 1. The maximum Gasteiger partial charge on any atom is 0.278 e. The highest BCUT2D eigenvalue weighted by Crippen LogP contribution is 2.35. The molecule has 9 heteroatoms. The third-order valence-electron chi connectivity index (χ3n) is 7.50. The zero-order valence-electron chi connectivity index (χ0n) is 20.7. The van der Waals surface area contributed by atoms with Crippen molar-refractivity contribution in [3.05, 3.63) is 64.7 Å². The van der Waals surface area contributed by atoms with E-state index >= 15 is 0 Å². The van der Waals surface area contributed by atoms with E-state index in [2.05, 4.69) is 25.5 Å². The van der Waals surface area contributed by atoms with E-state index in [1.807, 2.05) is 54.4 Å². The van der Waals surface area contributed by atoms with Crippen molar-refractivity contribution in [1.29, 1.82) is 0 Å². The van der Waals surface area contributed by atoms with Crippen molar-refractivity contribution in [2.24, 2.45) is 10.2 Å². The number of nitrogens with zero attached hydrogens (tertiary/aromatic N) is 4. The molecule has 5 rings (SSSR count). The van der Waals surface area contributed by atoms with Crippen LogP contribution in [0.25, 0.3) is 0 Å². The normalized spacial score (nSPS) is 23.3. The molecule has 0 radical (unpaired) electrons. The van der Waals surface area contributed by atoms with Gasteiger partial charge in [0.15, 0.2) is 0 Å². The van der Waals surface area contributed by atoms with Crippen LogP contribution < -0.4 is 4.31 Å². The molecule has 0 aromatic heterocycles. The first kappa shape index (κ1) is 26.6. The molecule has 2 fully saturated rings. The number of hydrogen-bond acceptors (Lipinski definition) is 5. The van der Waals surface area contributed by atoms with Gasteiger partial charge in [0.25, 0.3) is 6.43 Å². The van der Waals surface area contributed by atoms with Crippen molar-refractivity contribution in [1.82, 2.24) is 4.90 Å². The number of anilines is 1. The Hall–Kier alpha value is -2.03. The van der Waals surface area contributed by atoms with Gasteiger partial charge in [0.05, 0.1) is 12.3 Å². The van der Waals surface area contributed by atoms with Crippen LogP contribution in [0.2, 0.25) is 5.02 Å². The first-order valence-electron chi connectivity index (χ1n) is 13.0. The fraction of sp³-hybridized carbons (Fsp3) is 0.500. The second-order valence-electron chi connectivity index (χ2n) is 10.1. The lowest BCUT2D eigenvalue weighted by Gasteiger charge is -2.40. The molecular formula is C28H32ClF3N4S. The summed E-state index contributed by atoms with van der Waals surface area (Å²) in [5, 5.41) is 8.77. The lowest BCUT2D eigenvalue weighted by Crippen LogP contribution is -2.44. The topological polar surface area (TPSA) is 31.2 Å². The van der Waals surface area contributed by atoms with E-state index in [-0.39, 0.29) is 12.1 Å². The first-order chi connectivity index (χ1) is 17.9. The molecule has 0 amide bonds. The van der Waals surface area contributed by atoms with Crippen molar-refractivity contribution in [2.75, 3.05) is 17.4 Å². The average Bonchev–Trinajstić information content (AvgIpc) is 3.41. The highest BCUT2D eigenvalue weighted by Gasteiger charge is 2.30. The predicted molar refractivity (Wildman–Crippen MR) is 148 cm³/mol. The molecule has 0 atom stereocenters. The fourth-order valence-corrected chi connectivity index (χ4v) is 6.79. The van der Waals surface area contributed by atoms with Gasteiger partial charge in [-0.3, -0.25) is 0 Å². The van der Waals surface area contributed by atoms with Crippen LogP contribution in [-0.2, 0) is 6.54 Å². The maximum atomic E-state index is 13.6. The molecule has 37 heavy (non-hydrogen) atoms. The SMILES string of the molecule is FC1CCC(N2CCC(SN(Cc3ccc(C4=NN=C(C(F)F)C4)cc3)c3cccc(Cl)c3)CC2)CC1. The van der Waals surface area contributed by atoms with E-state index in [0.717, 1.165) is 55.6 Å². The molecule has 1 saturated heterocycles. The molecule has 2 aromatic rings. The number of hydrogen-bond donors (Lipinski definition) is 0. The maximum absolute atomic E-state index is 13.6. The molecule has 2 aromatic carbocycles. The minimum atomic E-state index is -2.57. The molecule has 0 bridgehead atoms. The monoisotopic (exact) mass is 548 g/mol. The van der Waals surface area contributed by atoms with Crippen LogP contribution in [0.15, 0.2) is 58.7 Å². The third-order valence-corrected chi connectivity index (χ3v) is 9.10. The number of benzene rings is 2. The third kappa shape index (κ3) is 6.89. The highest BCUT2D eigenvalue weighted by molar-refractivity contribution is 8.01. The molecular weight excluding hydrogens is 517 g/mol. The summed E-state index contributed by atoms with van der Waals surface area (Å²) in [6.45, 7) is 2.81. The van der Waals surface area contributed by atoms with Crippen LogP contribution in [0.3, 0.4) is 0 Å². The van der Waals surface area contributed by atoms with E-state index in [1.165, 1.54) is 0 Å². The van der Waals surface area contributed by atoms with E-state index in [4.69, 9.17) is 11.6 Å². The van der Waals surface area contributed by atoms with Gasteiger partial charge in [-0.05, 0) is 92.9 Å². The number of halogens is 4. The van der Waals surface area contributed by atoms with Crippen molar-refractivity contribution >= 4 is 40.7 Å². The molecule has 0 N–H and O–H groups in total.